The van der Waals surface area contributed by atoms with Crippen LogP contribution in [0.15, 0.2) is 23.7 Å². The van der Waals surface area contributed by atoms with E-state index in [2.05, 4.69) is 53.6 Å². The molecule has 1 N–H and O–H groups in total. The molecule has 0 aromatic carbocycles. The lowest BCUT2D eigenvalue weighted by Crippen LogP contribution is -2.31. The smallest absolute Gasteiger partial charge is 0.134 e. The average Bonchev–Trinajstić information content (AvgIpc) is 2.77. The Balaban J connectivity index is 1.97. The number of aromatic nitrogens is 1. The van der Waals surface area contributed by atoms with Crippen LogP contribution in [0.5, 0.6) is 0 Å². The van der Waals surface area contributed by atoms with Gasteiger partial charge in [0, 0.05) is 35.4 Å². The fourth-order valence-electron chi connectivity index (χ4n) is 1.64. The first-order valence-electron chi connectivity index (χ1n) is 5.95. The zero-order valence-electron chi connectivity index (χ0n) is 10.6. The maximum Gasteiger partial charge on any atom is 0.134 e. The topological polar surface area (TPSA) is 28.2 Å². The zero-order valence-corrected chi connectivity index (χ0v) is 11.4. The first kappa shape index (κ1) is 12.3. The molecule has 2 rings (SSSR count). The highest BCUT2D eigenvalue weighted by molar-refractivity contribution is 7.17. The Labute approximate surface area is 106 Å². The molecule has 0 aliphatic rings. The molecule has 0 aliphatic heterocycles. The molecule has 0 saturated heterocycles. The molecule has 0 fully saturated rings. The second-order valence-electron chi connectivity index (χ2n) is 4.49. The van der Waals surface area contributed by atoms with Gasteiger partial charge < -0.3 is 10.2 Å². The Morgan fingerprint density at radius 1 is 1.41 bits per heavy atom. The van der Waals surface area contributed by atoms with Gasteiger partial charge in [-0.25, -0.2) is 4.98 Å². The molecule has 2 aromatic heterocycles. The average molecular weight is 249 g/mol. The Morgan fingerprint density at radius 3 is 3.00 bits per heavy atom. The lowest BCUT2D eigenvalue weighted by molar-refractivity contribution is 0.284. The van der Waals surface area contributed by atoms with Crippen LogP contribution in [0.1, 0.15) is 13.8 Å². The summed E-state index contributed by atoms with van der Waals surface area (Å²) in [6, 6.07) is 4.77. The molecular weight excluding hydrogens is 230 g/mol. The standard InChI is InChI=1S/C13H19N3S/c1-10(2)16(3)8-7-15-13-11-5-9-17-12(11)4-6-14-13/h4-6,9-10H,7-8H2,1-3H3,(H,14,15). The largest absolute Gasteiger partial charge is 0.368 e. The third kappa shape index (κ3) is 2.96. The highest BCUT2D eigenvalue weighted by Crippen LogP contribution is 2.25. The molecule has 4 heteroatoms. The summed E-state index contributed by atoms with van der Waals surface area (Å²) >= 11 is 1.76. The number of thiophene rings is 1. The van der Waals surface area contributed by atoms with E-state index in [9.17, 15) is 0 Å². The van der Waals surface area contributed by atoms with Gasteiger partial charge >= 0.3 is 0 Å². The van der Waals surface area contributed by atoms with Crippen molar-refractivity contribution in [1.29, 1.82) is 0 Å². The number of pyridine rings is 1. The van der Waals surface area contributed by atoms with E-state index < -0.39 is 0 Å². The Kier molecular flexibility index (Phi) is 3.97. The summed E-state index contributed by atoms with van der Waals surface area (Å²) in [5.41, 5.74) is 0. The summed E-state index contributed by atoms with van der Waals surface area (Å²) in [4.78, 5) is 6.72. The monoisotopic (exact) mass is 249 g/mol. The number of hydrogen-bond acceptors (Lipinski definition) is 4. The molecule has 92 valence electrons. The molecule has 0 aliphatic carbocycles. The first-order valence-corrected chi connectivity index (χ1v) is 6.83. The van der Waals surface area contributed by atoms with Crippen molar-refractivity contribution < 1.29 is 0 Å². The molecule has 0 atom stereocenters. The van der Waals surface area contributed by atoms with Crippen LogP contribution < -0.4 is 5.32 Å². The van der Waals surface area contributed by atoms with E-state index in [-0.39, 0.29) is 0 Å². The van der Waals surface area contributed by atoms with Gasteiger partial charge in [0.1, 0.15) is 5.82 Å². The van der Waals surface area contributed by atoms with Gasteiger partial charge in [0.25, 0.3) is 0 Å². The van der Waals surface area contributed by atoms with Gasteiger partial charge in [0.15, 0.2) is 0 Å². The summed E-state index contributed by atoms with van der Waals surface area (Å²) in [5, 5.41) is 6.75. The third-order valence-electron chi connectivity index (χ3n) is 3.02. The molecule has 0 radical (unpaired) electrons. The number of rotatable bonds is 5. The van der Waals surface area contributed by atoms with Gasteiger partial charge in [-0.15, -0.1) is 11.3 Å². The van der Waals surface area contributed by atoms with E-state index >= 15 is 0 Å². The van der Waals surface area contributed by atoms with Gasteiger partial charge in [-0.1, -0.05) is 0 Å². The molecule has 0 saturated carbocycles. The molecule has 0 spiro atoms. The minimum absolute atomic E-state index is 0.585. The van der Waals surface area contributed by atoms with E-state index in [1.165, 1.54) is 10.1 Å². The van der Waals surface area contributed by atoms with Gasteiger partial charge in [-0.2, -0.15) is 0 Å². The zero-order chi connectivity index (χ0) is 12.3. The number of anilines is 1. The van der Waals surface area contributed by atoms with Gasteiger partial charge in [0.05, 0.1) is 0 Å². The Hall–Kier alpha value is -1.13. The van der Waals surface area contributed by atoms with Crippen LogP contribution in [0.2, 0.25) is 0 Å². The summed E-state index contributed by atoms with van der Waals surface area (Å²) in [7, 11) is 2.14. The maximum atomic E-state index is 4.40. The summed E-state index contributed by atoms with van der Waals surface area (Å²) in [6.45, 7) is 6.37. The predicted molar refractivity (Wildman–Crippen MR) is 75.9 cm³/mol. The number of hydrogen-bond donors (Lipinski definition) is 1. The summed E-state index contributed by atoms with van der Waals surface area (Å²) in [5.74, 6) is 1.00. The molecule has 0 bridgehead atoms. The lowest BCUT2D eigenvalue weighted by Gasteiger charge is -2.21. The predicted octanol–water partition coefficient (Wildman–Crippen LogP) is 3.05. The van der Waals surface area contributed by atoms with Crippen LogP contribution >= 0.6 is 11.3 Å². The first-order chi connectivity index (χ1) is 8.18. The van der Waals surface area contributed by atoms with Crippen molar-refractivity contribution >= 4 is 27.2 Å². The van der Waals surface area contributed by atoms with E-state index in [1.807, 2.05) is 6.20 Å². The molecule has 0 amide bonds. The van der Waals surface area contributed by atoms with Crippen LogP contribution in [0, 0.1) is 0 Å². The van der Waals surface area contributed by atoms with Crippen molar-refractivity contribution in [3.8, 4) is 0 Å². The minimum atomic E-state index is 0.585. The lowest BCUT2D eigenvalue weighted by atomic mass is 10.3. The molecule has 0 unspecified atom stereocenters. The molecular formula is C13H19N3S. The van der Waals surface area contributed by atoms with Crippen LogP contribution in [0.4, 0.5) is 5.82 Å². The third-order valence-corrected chi connectivity index (χ3v) is 3.90. The highest BCUT2D eigenvalue weighted by atomic mass is 32.1. The van der Waals surface area contributed by atoms with E-state index in [4.69, 9.17) is 0 Å². The van der Waals surface area contributed by atoms with Crippen molar-refractivity contribution in [1.82, 2.24) is 9.88 Å². The molecule has 3 nitrogen and oxygen atoms in total. The second-order valence-corrected chi connectivity index (χ2v) is 5.44. The normalized spacial score (nSPS) is 11.6. The fourth-order valence-corrected chi connectivity index (χ4v) is 2.43. The Morgan fingerprint density at radius 2 is 2.24 bits per heavy atom. The second kappa shape index (κ2) is 5.47. The van der Waals surface area contributed by atoms with E-state index in [1.54, 1.807) is 11.3 Å². The quantitative estimate of drug-likeness (QED) is 0.882. The van der Waals surface area contributed by atoms with Crippen molar-refractivity contribution in [3.05, 3.63) is 23.7 Å². The maximum absolute atomic E-state index is 4.40. The molecule has 2 aromatic rings. The van der Waals surface area contributed by atoms with Crippen LogP contribution in [0.25, 0.3) is 10.1 Å². The Bertz CT molecular complexity index is 478. The van der Waals surface area contributed by atoms with Crippen molar-refractivity contribution in [3.63, 3.8) is 0 Å². The number of nitrogens with zero attached hydrogens (tertiary/aromatic N) is 2. The van der Waals surface area contributed by atoms with E-state index in [0.29, 0.717) is 6.04 Å². The number of nitrogens with one attached hydrogen (secondary N) is 1. The van der Waals surface area contributed by atoms with Gasteiger partial charge in [0.2, 0.25) is 0 Å². The number of fused-ring (bicyclic) bond motifs is 1. The van der Waals surface area contributed by atoms with Crippen LogP contribution in [-0.2, 0) is 0 Å². The van der Waals surface area contributed by atoms with Crippen molar-refractivity contribution in [2.75, 3.05) is 25.5 Å². The van der Waals surface area contributed by atoms with Crippen molar-refractivity contribution in [2.45, 2.75) is 19.9 Å². The minimum Gasteiger partial charge on any atom is -0.368 e. The van der Waals surface area contributed by atoms with Crippen LogP contribution in [-0.4, -0.2) is 36.1 Å². The van der Waals surface area contributed by atoms with Gasteiger partial charge in [-0.05, 0) is 38.4 Å². The fraction of sp³-hybridized carbons (Fsp3) is 0.462. The molecule has 17 heavy (non-hydrogen) atoms. The van der Waals surface area contributed by atoms with Crippen LogP contribution in [0.3, 0.4) is 0 Å². The SMILES string of the molecule is CC(C)N(C)CCNc1nccc2sccc12. The molecule has 2 heterocycles. The summed E-state index contributed by atoms with van der Waals surface area (Å²) in [6.07, 6.45) is 1.87. The highest BCUT2D eigenvalue weighted by Gasteiger charge is 2.05. The van der Waals surface area contributed by atoms with Gasteiger partial charge in [-0.3, -0.25) is 0 Å². The number of likely N-dealkylation sites (N-methyl/N-ethyl adjacent to an activating group) is 1. The summed E-state index contributed by atoms with van der Waals surface area (Å²) < 4.78 is 1.29. The van der Waals surface area contributed by atoms with Crippen molar-refractivity contribution in [2.24, 2.45) is 0 Å². The van der Waals surface area contributed by atoms with E-state index in [0.717, 1.165) is 18.9 Å².